The van der Waals surface area contributed by atoms with Crippen LogP contribution in [-0.4, -0.2) is 24.8 Å². The average molecular weight is 535 g/mol. The summed E-state index contributed by atoms with van der Waals surface area (Å²) in [5, 5.41) is 3.27. The molecule has 8 rings (SSSR count). The molecule has 3 amide bonds. The molecule has 1 heterocycles. The van der Waals surface area contributed by atoms with Gasteiger partial charge in [-0.3, -0.25) is 14.4 Å². The van der Waals surface area contributed by atoms with E-state index >= 15 is 0 Å². The molecule has 0 saturated carbocycles. The molecule has 3 aliphatic carbocycles. The molecule has 4 aliphatic rings. The van der Waals surface area contributed by atoms with E-state index in [4.69, 9.17) is 16.3 Å². The van der Waals surface area contributed by atoms with E-state index in [1.165, 1.54) is 12.0 Å². The maximum absolute atomic E-state index is 14.2. The molecule has 2 atom stereocenters. The van der Waals surface area contributed by atoms with Crippen molar-refractivity contribution in [2.24, 2.45) is 11.8 Å². The van der Waals surface area contributed by atoms with Crippen LogP contribution < -0.4 is 15.0 Å². The zero-order chi connectivity index (χ0) is 26.8. The van der Waals surface area contributed by atoms with Crippen LogP contribution in [0.3, 0.4) is 0 Å². The molecule has 1 aliphatic heterocycles. The van der Waals surface area contributed by atoms with E-state index in [9.17, 15) is 14.4 Å². The van der Waals surface area contributed by atoms with Crippen LogP contribution in [0, 0.1) is 11.8 Å². The number of methoxy groups -OCH3 is 1. The van der Waals surface area contributed by atoms with Gasteiger partial charge in [0.15, 0.2) is 0 Å². The summed E-state index contributed by atoms with van der Waals surface area (Å²) in [6.45, 7) is 0. The molecular weight excluding hydrogens is 512 g/mol. The Labute approximate surface area is 230 Å². The fraction of sp³-hybridized carbons (Fsp3) is 0.156. The van der Waals surface area contributed by atoms with E-state index in [-0.39, 0.29) is 34.9 Å². The predicted octanol–water partition coefficient (Wildman–Crippen LogP) is 6.00. The normalized spacial score (nSPS) is 22.3. The highest BCUT2D eigenvalue weighted by Crippen LogP contribution is 2.61. The van der Waals surface area contributed by atoms with Crippen molar-refractivity contribution in [3.05, 3.63) is 124 Å². The Kier molecular flexibility index (Phi) is 5.35. The van der Waals surface area contributed by atoms with E-state index < -0.39 is 17.7 Å². The Bertz CT molecular complexity index is 1580. The molecule has 0 radical (unpaired) electrons. The van der Waals surface area contributed by atoms with Crippen molar-refractivity contribution >= 4 is 40.7 Å². The first-order valence-corrected chi connectivity index (χ1v) is 13.2. The number of carbonyl (C=O) groups is 3. The highest BCUT2D eigenvalue weighted by molar-refractivity contribution is 6.31. The quantitative estimate of drug-likeness (QED) is 0.326. The average Bonchev–Trinajstić information content (AvgIpc) is 3.23. The molecule has 192 valence electrons. The first-order chi connectivity index (χ1) is 19.0. The van der Waals surface area contributed by atoms with Gasteiger partial charge in [-0.05, 0) is 52.6 Å². The number of nitrogens with one attached hydrogen (secondary N) is 1. The first kappa shape index (κ1) is 23.7. The number of halogens is 1. The molecule has 7 heteroatoms. The van der Waals surface area contributed by atoms with Crippen molar-refractivity contribution in [1.29, 1.82) is 0 Å². The minimum atomic E-state index is -0.531. The van der Waals surface area contributed by atoms with E-state index in [1.54, 1.807) is 42.5 Å². The Morgan fingerprint density at radius 2 is 1.28 bits per heavy atom. The van der Waals surface area contributed by atoms with Gasteiger partial charge in [-0.2, -0.15) is 0 Å². The summed E-state index contributed by atoms with van der Waals surface area (Å²) in [6, 6.07) is 27.8. The topological polar surface area (TPSA) is 75.7 Å². The smallest absolute Gasteiger partial charge is 0.257 e. The van der Waals surface area contributed by atoms with Crippen LogP contribution in [0.25, 0.3) is 0 Å². The highest BCUT2D eigenvalue weighted by Gasteiger charge is 2.62. The number of hydrogen-bond donors (Lipinski definition) is 1. The third-order valence-corrected chi connectivity index (χ3v) is 8.48. The van der Waals surface area contributed by atoms with E-state index in [1.807, 2.05) is 24.3 Å². The maximum atomic E-state index is 14.2. The number of ether oxygens (including phenoxy) is 1. The van der Waals surface area contributed by atoms with Gasteiger partial charge in [0.2, 0.25) is 11.8 Å². The molecular formula is C32H23ClN2O4. The summed E-state index contributed by atoms with van der Waals surface area (Å²) in [7, 11) is 1.50. The Morgan fingerprint density at radius 1 is 0.769 bits per heavy atom. The number of rotatable bonds is 4. The first-order valence-electron chi connectivity index (χ1n) is 12.8. The largest absolute Gasteiger partial charge is 0.495 e. The van der Waals surface area contributed by atoms with Crippen molar-refractivity contribution in [2.75, 3.05) is 17.3 Å². The lowest BCUT2D eigenvalue weighted by atomic mass is 9.55. The second kappa shape index (κ2) is 8.82. The zero-order valence-electron chi connectivity index (χ0n) is 20.9. The Hall–Kier alpha value is -4.42. The van der Waals surface area contributed by atoms with Crippen molar-refractivity contribution in [1.82, 2.24) is 0 Å². The van der Waals surface area contributed by atoms with Crippen LogP contribution in [0.15, 0.2) is 91.0 Å². The lowest BCUT2D eigenvalue weighted by molar-refractivity contribution is -0.122. The lowest BCUT2D eigenvalue weighted by Crippen LogP contribution is -2.41. The standard InChI is InChI=1S/C32H23ClN2O4/c1-39-25-15-14-17(33)16-23(25)34-30(36)22-12-6-7-13-24(22)35-31(37)28-26-18-8-2-3-9-19(18)27(29(28)32(35)38)21-11-5-4-10-20(21)26/h2-16,26-29H,1H3,(H,34,36)/t26?,27?,28-,29-/m1/s1. The number of nitrogens with zero attached hydrogens (tertiary/aromatic N) is 1. The molecule has 6 nitrogen and oxygen atoms in total. The number of hydrogen-bond acceptors (Lipinski definition) is 4. The van der Waals surface area contributed by atoms with Gasteiger partial charge in [0.1, 0.15) is 5.75 Å². The summed E-state index contributed by atoms with van der Waals surface area (Å²) in [4.78, 5) is 43.1. The Morgan fingerprint density at radius 3 is 1.82 bits per heavy atom. The fourth-order valence-electron chi connectivity index (χ4n) is 6.74. The minimum Gasteiger partial charge on any atom is -0.495 e. The van der Waals surface area contributed by atoms with Gasteiger partial charge in [-0.1, -0.05) is 72.3 Å². The number of para-hydroxylation sites is 1. The second-order valence-electron chi connectivity index (χ2n) is 10.1. The molecule has 0 unspecified atom stereocenters. The van der Waals surface area contributed by atoms with Gasteiger partial charge >= 0.3 is 0 Å². The molecule has 39 heavy (non-hydrogen) atoms. The molecule has 2 bridgehead atoms. The van der Waals surface area contributed by atoms with Crippen LogP contribution in [0.5, 0.6) is 5.75 Å². The lowest BCUT2D eigenvalue weighted by Gasteiger charge is -2.45. The summed E-state index contributed by atoms with van der Waals surface area (Å²) in [6.07, 6.45) is 0. The van der Waals surface area contributed by atoms with Crippen LogP contribution in [-0.2, 0) is 9.59 Å². The van der Waals surface area contributed by atoms with Crippen molar-refractivity contribution in [2.45, 2.75) is 11.8 Å². The van der Waals surface area contributed by atoms with Gasteiger partial charge in [0.25, 0.3) is 5.91 Å². The van der Waals surface area contributed by atoms with E-state index in [0.29, 0.717) is 16.5 Å². The van der Waals surface area contributed by atoms with Gasteiger partial charge in [-0.25, -0.2) is 4.90 Å². The second-order valence-corrected chi connectivity index (χ2v) is 10.5. The maximum Gasteiger partial charge on any atom is 0.257 e. The molecule has 4 aromatic carbocycles. The molecule has 1 saturated heterocycles. The van der Waals surface area contributed by atoms with E-state index in [2.05, 4.69) is 29.6 Å². The van der Waals surface area contributed by atoms with Crippen molar-refractivity contribution < 1.29 is 19.1 Å². The molecule has 1 N–H and O–H groups in total. The highest BCUT2D eigenvalue weighted by atomic mass is 35.5. The van der Waals surface area contributed by atoms with Crippen LogP contribution >= 0.6 is 11.6 Å². The van der Waals surface area contributed by atoms with Crippen LogP contribution in [0.4, 0.5) is 11.4 Å². The predicted molar refractivity (Wildman–Crippen MR) is 148 cm³/mol. The monoisotopic (exact) mass is 534 g/mol. The molecule has 0 aromatic heterocycles. The van der Waals surface area contributed by atoms with E-state index in [0.717, 1.165) is 22.3 Å². The van der Waals surface area contributed by atoms with Gasteiger partial charge in [0, 0.05) is 16.9 Å². The van der Waals surface area contributed by atoms with Crippen molar-refractivity contribution in [3.63, 3.8) is 0 Å². The summed E-state index contributed by atoms with van der Waals surface area (Å²) >= 11 is 6.15. The number of carbonyl (C=O) groups excluding carboxylic acids is 3. The summed E-state index contributed by atoms with van der Waals surface area (Å²) < 4.78 is 5.37. The SMILES string of the molecule is COc1ccc(Cl)cc1NC(=O)c1ccccc1N1C(=O)[C@@H]2C3c4ccccc4C(c4ccccc43)[C@H]2C1=O. The number of benzene rings is 4. The van der Waals surface area contributed by atoms with Crippen molar-refractivity contribution in [3.8, 4) is 5.75 Å². The zero-order valence-corrected chi connectivity index (χ0v) is 21.7. The van der Waals surface area contributed by atoms with Crippen LogP contribution in [0.1, 0.15) is 44.4 Å². The number of amides is 3. The molecule has 0 spiro atoms. The fourth-order valence-corrected chi connectivity index (χ4v) is 6.92. The third kappa shape index (κ3) is 3.38. The van der Waals surface area contributed by atoms with Gasteiger partial charge in [0.05, 0.1) is 35.9 Å². The van der Waals surface area contributed by atoms with Gasteiger partial charge in [-0.15, -0.1) is 0 Å². The summed E-state index contributed by atoms with van der Waals surface area (Å²) in [5.41, 5.74) is 5.28. The number of anilines is 2. The molecule has 1 fully saturated rings. The summed E-state index contributed by atoms with van der Waals surface area (Å²) in [5.74, 6) is -2.08. The number of imide groups is 1. The minimum absolute atomic E-state index is 0.210. The third-order valence-electron chi connectivity index (χ3n) is 8.25. The van der Waals surface area contributed by atoms with Gasteiger partial charge < -0.3 is 10.1 Å². The van der Waals surface area contributed by atoms with Crippen LogP contribution in [0.2, 0.25) is 5.02 Å². The Balaban J connectivity index is 1.31. The molecule has 4 aromatic rings.